The van der Waals surface area contributed by atoms with E-state index in [0.717, 1.165) is 4.90 Å². The third-order valence-corrected chi connectivity index (χ3v) is 4.58. The lowest BCUT2D eigenvalue weighted by Gasteiger charge is -2.30. The molecule has 0 saturated carbocycles. The number of carbonyl (C=O) groups is 3. The van der Waals surface area contributed by atoms with E-state index in [-0.39, 0.29) is 18.8 Å². The molecule has 1 heterocycles. The molecule has 0 fully saturated rings. The minimum atomic E-state index is -1.61. The Balaban J connectivity index is 3.10. The molecule has 1 aliphatic heterocycles. The second-order valence-corrected chi connectivity index (χ2v) is 10.8. The number of methoxy groups -OCH3 is 1. The molecule has 1 rings (SSSR count). The van der Waals surface area contributed by atoms with Crippen molar-refractivity contribution >= 4 is 52.7 Å². The van der Waals surface area contributed by atoms with Crippen molar-refractivity contribution in [3.63, 3.8) is 0 Å². The molecule has 2 unspecified atom stereocenters. The van der Waals surface area contributed by atoms with Crippen molar-refractivity contribution in [2.45, 2.75) is 75.4 Å². The maximum Gasteiger partial charge on any atom is 0.408 e. The number of alkyl halides is 3. The molecule has 1 aliphatic rings. The number of hydrogen-bond acceptors (Lipinski definition) is 5. The molecule has 0 radical (unpaired) electrons. The highest BCUT2D eigenvalue weighted by Gasteiger charge is 2.42. The zero-order chi connectivity index (χ0) is 22.6. The Morgan fingerprint density at radius 3 is 2.28 bits per heavy atom. The number of ether oxygens (including phenoxy) is 2. The molecule has 3 amide bonds. The first-order valence-corrected chi connectivity index (χ1v) is 10.5. The highest BCUT2D eigenvalue weighted by atomic mass is 35.6. The first kappa shape index (κ1) is 25.9. The van der Waals surface area contributed by atoms with Crippen LogP contribution in [0, 0.1) is 5.92 Å². The molecule has 166 valence electrons. The van der Waals surface area contributed by atoms with Gasteiger partial charge in [-0.15, -0.1) is 0 Å². The highest BCUT2D eigenvalue weighted by molar-refractivity contribution is 6.67. The zero-order valence-corrected chi connectivity index (χ0v) is 19.8. The van der Waals surface area contributed by atoms with E-state index in [4.69, 9.17) is 44.3 Å². The molecule has 1 N–H and O–H groups in total. The quantitative estimate of drug-likeness (QED) is 0.558. The third-order valence-electron chi connectivity index (χ3n) is 4.02. The van der Waals surface area contributed by atoms with Gasteiger partial charge in [-0.25, -0.2) is 4.79 Å². The van der Waals surface area contributed by atoms with Crippen molar-refractivity contribution in [3.8, 4) is 0 Å². The molecular formula is C19H29Cl3N2O5. The van der Waals surface area contributed by atoms with E-state index >= 15 is 0 Å². The summed E-state index contributed by atoms with van der Waals surface area (Å²) in [5, 5.41) is 2.51. The van der Waals surface area contributed by atoms with Gasteiger partial charge in [-0.05, 0) is 46.0 Å². The van der Waals surface area contributed by atoms with Crippen LogP contribution in [0.1, 0.15) is 53.9 Å². The van der Waals surface area contributed by atoms with Crippen molar-refractivity contribution in [1.29, 1.82) is 0 Å². The Labute approximate surface area is 187 Å². The zero-order valence-electron chi connectivity index (χ0n) is 17.6. The second kappa shape index (κ2) is 10.2. The van der Waals surface area contributed by atoms with Gasteiger partial charge in [0.15, 0.2) is 3.79 Å². The van der Waals surface area contributed by atoms with Gasteiger partial charge in [-0.1, -0.05) is 48.7 Å². The lowest BCUT2D eigenvalue weighted by atomic mass is 10.0. The predicted molar refractivity (Wildman–Crippen MR) is 113 cm³/mol. The molecule has 0 aliphatic carbocycles. The molecule has 0 bridgehead atoms. The van der Waals surface area contributed by atoms with Gasteiger partial charge in [0.25, 0.3) is 11.8 Å². The molecule has 10 heteroatoms. The van der Waals surface area contributed by atoms with E-state index in [0.29, 0.717) is 12.2 Å². The van der Waals surface area contributed by atoms with Crippen LogP contribution in [0.3, 0.4) is 0 Å². The summed E-state index contributed by atoms with van der Waals surface area (Å²) in [6.07, 6.45) is 0.998. The number of nitrogens with one attached hydrogen (secondary N) is 1. The van der Waals surface area contributed by atoms with Crippen LogP contribution >= 0.6 is 34.8 Å². The summed E-state index contributed by atoms with van der Waals surface area (Å²) in [6, 6.07) is -1.67. The van der Waals surface area contributed by atoms with Gasteiger partial charge in [0.1, 0.15) is 17.4 Å². The Morgan fingerprint density at radius 2 is 1.83 bits per heavy atom. The minimum Gasteiger partial charge on any atom is -0.499 e. The Hall–Kier alpha value is -1.18. The highest BCUT2D eigenvalue weighted by Crippen LogP contribution is 2.33. The van der Waals surface area contributed by atoms with Gasteiger partial charge in [-0.3, -0.25) is 14.5 Å². The predicted octanol–water partition coefficient (Wildman–Crippen LogP) is 4.34. The van der Waals surface area contributed by atoms with Crippen molar-refractivity contribution < 1.29 is 23.9 Å². The molecule has 0 saturated heterocycles. The summed E-state index contributed by atoms with van der Waals surface area (Å²) in [5.74, 6) is -0.529. The molecule has 2 atom stereocenters. The average Bonchev–Trinajstić information content (AvgIpc) is 2.83. The molecule has 0 spiro atoms. The molecule has 0 aromatic carbocycles. The maximum absolute atomic E-state index is 13.2. The molecule has 0 aromatic heterocycles. The Bertz CT molecular complexity index is 653. The fraction of sp³-hybridized carbons (Fsp3) is 0.737. The lowest BCUT2D eigenvalue weighted by Crippen LogP contribution is -2.53. The third kappa shape index (κ3) is 8.60. The number of amides is 3. The summed E-state index contributed by atoms with van der Waals surface area (Å²) in [6.45, 7) is 9.03. The molecule has 0 aromatic rings. The van der Waals surface area contributed by atoms with Crippen molar-refractivity contribution in [3.05, 3.63) is 11.8 Å². The first-order valence-electron chi connectivity index (χ1n) is 9.33. The number of nitrogens with zero attached hydrogens (tertiary/aromatic N) is 1. The van der Waals surface area contributed by atoms with Gasteiger partial charge in [-0.2, -0.15) is 0 Å². The van der Waals surface area contributed by atoms with Gasteiger partial charge in [0.05, 0.1) is 13.2 Å². The van der Waals surface area contributed by atoms with Crippen LogP contribution in [0.5, 0.6) is 0 Å². The smallest absolute Gasteiger partial charge is 0.408 e. The summed E-state index contributed by atoms with van der Waals surface area (Å²) in [7, 11) is 1.44. The summed E-state index contributed by atoms with van der Waals surface area (Å²) in [5.41, 5.74) is -0.763. The number of imide groups is 1. The number of alkyl carbamates (subject to hydrolysis) is 1. The topological polar surface area (TPSA) is 84.9 Å². The monoisotopic (exact) mass is 470 g/mol. The molecule has 7 nitrogen and oxygen atoms in total. The average molecular weight is 472 g/mol. The minimum absolute atomic E-state index is 0.00862. The summed E-state index contributed by atoms with van der Waals surface area (Å²) < 4.78 is 8.90. The van der Waals surface area contributed by atoms with E-state index in [1.54, 1.807) is 20.8 Å². The van der Waals surface area contributed by atoms with E-state index in [1.165, 1.54) is 13.2 Å². The van der Waals surface area contributed by atoms with E-state index in [2.05, 4.69) is 5.32 Å². The number of carbonyl (C=O) groups excluding carboxylic acids is 3. The van der Waals surface area contributed by atoms with Crippen LogP contribution in [-0.4, -0.2) is 51.4 Å². The first-order chi connectivity index (χ1) is 13.1. The standard InChI is InChI=1S/C19H29Cl3N2O5/c1-11(2)9-13-14(28-6)10-15(25)24(13)16(26)12(7-8-19(20,21)22)23-17(27)29-18(3,4)5/h10-13H,7-9H2,1-6H3,(H,23,27). The summed E-state index contributed by atoms with van der Waals surface area (Å²) in [4.78, 5) is 39.1. The largest absolute Gasteiger partial charge is 0.499 e. The van der Waals surface area contributed by atoms with Crippen molar-refractivity contribution in [1.82, 2.24) is 10.2 Å². The van der Waals surface area contributed by atoms with E-state index in [1.807, 2.05) is 13.8 Å². The van der Waals surface area contributed by atoms with Gasteiger partial charge in [0, 0.05) is 6.08 Å². The number of halogens is 3. The molecular weight excluding hydrogens is 443 g/mol. The Kier molecular flexibility index (Phi) is 9.12. The van der Waals surface area contributed by atoms with Crippen molar-refractivity contribution in [2.24, 2.45) is 5.92 Å². The van der Waals surface area contributed by atoms with Crippen LogP contribution in [0.15, 0.2) is 11.8 Å². The second-order valence-electron chi connectivity index (χ2n) is 8.30. The number of rotatable bonds is 7. The molecule has 29 heavy (non-hydrogen) atoms. The Morgan fingerprint density at radius 1 is 1.24 bits per heavy atom. The SMILES string of the molecule is COC1=CC(=O)N(C(=O)C(CCC(Cl)(Cl)Cl)NC(=O)OC(C)(C)C)C1CC(C)C. The van der Waals surface area contributed by atoms with Gasteiger partial charge >= 0.3 is 6.09 Å². The van der Waals surface area contributed by atoms with Crippen LogP contribution in [0.2, 0.25) is 0 Å². The fourth-order valence-corrected chi connectivity index (χ4v) is 3.20. The van der Waals surface area contributed by atoms with Crippen LogP contribution in [0.4, 0.5) is 4.79 Å². The summed E-state index contributed by atoms with van der Waals surface area (Å²) >= 11 is 17.5. The van der Waals surface area contributed by atoms with Gasteiger partial charge in [0.2, 0.25) is 0 Å². The normalized spacial score (nSPS) is 18.6. The fourth-order valence-electron chi connectivity index (χ4n) is 2.88. The maximum atomic E-state index is 13.2. The van der Waals surface area contributed by atoms with Crippen molar-refractivity contribution in [2.75, 3.05) is 7.11 Å². The van der Waals surface area contributed by atoms with Crippen LogP contribution < -0.4 is 5.32 Å². The van der Waals surface area contributed by atoms with E-state index in [9.17, 15) is 14.4 Å². The lowest BCUT2D eigenvalue weighted by molar-refractivity contribution is -0.145. The van der Waals surface area contributed by atoms with Crippen LogP contribution in [-0.2, 0) is 19.1 Å². The van der Waals surface area contributed by atoms with Gasteiger partial charge < -0.3 is 14.8 Å². The van der Waals surface area contributed by atoms with Crippen LogP contribution in [0.25, 0.3) is 0 Å². The number of hydrogen-bond donors (Lipinski definition) is 1. The van der Waals surface area contributed by atoms with E-state index < -0.39 is 39.4 Å².